The number of rotatable bonds is 6. The summed E-state index contributed by atoms with van der Waals surface area (Å²) in [6.07, 6.45) is 0. The van der Waals surface area contributed by atoms with Gasteiger partial charge in [-0.25, -0.2) is 5.43 Å². The Morgan fingerprint density at radius 1 is 1.10 bits per heavy atom. The minimum absolute atomic E-state index is 0.495. The molecule has 0 aliphatic carbocycles. The maximum atomic E-state index is 11.5. The van der Waals surface area contributed by atoms with Crippen LogP contribution >= 0.6 is 23.2 Å². The third kappa shape index (κ3) is 4.61. The lowest BCUT2D eigenvalue weighted by atomic mass is 10.1. The number of nitrogens with two attached hydrogens (primary N) is 1. The van der Waals surface area contributed by atoms with Gasteiger partial charge in [0.25, 0.3) is 0 Å². The molecule has 2 rings (SSSR count). The van der Waals surface area contributed by atoms with Crippen molar-refractivity contribution in [3.63, 3.8) is 0 Å². The highest BCUT2D eigenvalue weighted by Crippen LogP contribution is 2.17. The summed E-state index contributed by atoms with van der Waals surface area (Å²) in [6, 6.07) is 12.8. The number of primary amides is 1. The van der Waals surface area contributed by atoms with Crippen molar-refractivity contribution in [1.29, 1.82) is 0 Å². The van der Waals surface area contributed by atoms with Gasteiger partial charge in [0.2, 0.25) is 5.91 Å². The van der Waals surface area contributed by atoms with Crippen LogP contribution in [0.3, 0.4) is 0 Å². The lowest BCUT2D eigenvalue weighted by Crippen LogP contribution is -2.43. The standard InChI is InChI=1S/C14H13Cl2N3O2/c15-10-6-4-9(5-7-10)13(14(17)20)18-19-21-12-3-1-2-11(16)8-12/h1-8,13,18-19H,(H2,17,20). The summed E-state index contributed by atoms with van der Waals surface area (Å²) < 4.78 is 0. The van der Waals surface area contributed by atoms with E-state index in [-0.39, 0.29) is 0 Å². The zero-order valence-corrected chi connectivity index (χ0v) is 12.4. The van der Waals surface area contributed by atoms with Gasteiger partial charge in [0.1, 0.15) is 11.8 Å². The molecule has 0 spiro atoms. The molecule has 4 N–H and O–H groups in total. The first-order chi connectivity index (χ1) is 10.1. The van der Waals surface area contributed by atoms with Crippen molar-refractivity contribution in [2.45, 2.75) is 6.04 Å². The van der Waals surface area contributed by atoms with Crippen LogP contribution in [0.5, 0.6) is 5.75 Å². The number of benzene rings is 2. The van der Waals surface area contributed by atoms with E-state index in [1.165, 1.54) is 0 Å². The molecule has 2 aromatic carbocycles. The Morgan fingerprint density at radius 2 is 1.81 bits per heavy atom. The number of halogens is 2. The maximum absolute atomic E-state index is 11.5. The van der Waals surface area contributed by atoms with E-state index in [0.717, 1.165) is 0 Å². The summed E-state index contributed by atoms with van der Waals surface area (Å²) in [5.41, 5.74) is 11.2. The molecule has 5 nitrogen and oxygen atoms in total. The Kier molecular flexibility index (Phi) is 5.41. The first-order valence-electron chi connectivity index (χ1n) is 6.04. The molecular weight excluding hydrogens is 313 g/mol. The van der Waals surface area contributed by atoms with Crippen molar-refractivity contribution in [2.24, 2.45) is 5.73 Å². The van der Waals surface area contributed by atoms with Crippen LogP contribution in [-0.4, -0.2) is 5.91 Å². The fourth-order valence-electron chi connectivity index (χ4n) is 1.65. The monoisotopic (exact) mass is 325 g/mol. The first kappa shape index (κ1) is 15.6. The van der Waals surface area contributed by atoms with Gasteiger partial charge in [-0.2, -0.15) is 0 Å². The zero-order valence-electron chi connectivity index (χ0n) is 10.8. The van der Waals surface area contributed by atoms with Crippen LogP contribution < -0.4 is 21.6 Å². The van der Waals surface area contributed by atoms with E-state index in [4.69, 9.17) is 33.8 Å². The van der Waals surface area contributed by atoms with Crippen LogP contribution in [0.15, 0.2) is 48.5 Å². The van der Waals surface area contributed by atoms with Crippen LogP contribution in [-0.2, 0) is 4.79 Å². The Bertz CT molecular complexity index is 620. The predicted octanol–water partition coefficient (Wildman–Crippen LogP) is 2.61. The second-order valence-corrected chi connectivity index (χ2v) is 5.07. The van der Waals surface area contributed by atoms with Crippen LogP contribution in [0.4, 0.5) is 0 Å². The van der Waals surface area contributed by atoms with Gasteiger partial charge in [-0.1, -0.05) is 47.0 Å². The molecule has 0 aliphatic heterocycles. The van der Waals surface area contributed by atoms with E-state index < -0.39 is 11.9 Å². The minimum atomic E-state index is -0.763. The summed E-state index contributed by atoms with van der Waals surface area (Å²) in [5.74, 6) is -0.0613. The second kappa shape index (κ2) is 7.28. The molecule has 1 amide bonds. The number of nitrogens with one attached hydrogen (secondary N) is 2. The first-order valence-corrected chi connectivity index (χ1v) is 6.79. The van der Waals surface area contributed by atoms with Crippen molar-refractivity contribution in [1.82, 2.24) is 11.0 Å². The normalized spacial score (nSPS) is 11.9. The van der Waals surface area contributed by atoms with Crippen LogP contribution in [0.1, 0.15) is 11.6 Å². The molecule has 0 aromatic heterocycles. The van der Waals surface area contributed by atoms with Crippen molar-refractivity contribution >= 4 is 29.1 Å². The SMILES string of the molecule is NC(=O)C(NNOc1cccc(Cl)c1)c1ccc(Cl)cc1. The Labute approximate surface area is 131 Å². The van der Waals surface area contributed by atoms with E-state index in [2.05, 4.69) is 11.0 Å². The highest BCUT2D eigenvalue weighted by Gasteiger charge is 2.17. The van der Waals surface area contributed by atoms with Crippen molar-refractivity contribution in [3.05, 3.63) is 64.1 Å². The average molecular weight is 326 g/mol. The molecule has 0 saturated heterocycles. The van der Waals surface area contributed by atoms with Gasteiger partial charge in [0.05, 0.1) is 0 Å². The summed E-state index contributed by atoms with van der Waals surface area (Å²) in [4.78, 5) is 16.7. The maximum Gasteiger partial charge on any atom is 0.240 e. The topological polar surface area (TPSA) is 76.4 Å². The molecule has 0 heterocycles. The molecule has 0 aliphatic rings. The Morgan fingerprint density at radius 3 is 2.43 bits per heavy atom. The molecule has 1 atom stereocenters. The molecule has 21 heavy (non-hydrogen) atoms. The van der Waals surface area contributed by atoms with Crippen LogP contribution in [0, 0.1) is 0 Å². The fraction of sp³-hybridized carbons (Fsp3) is 0.0714. The van der Waals surface area contributed by atoms with Gasteiger partial charge in [0, 0.05) is 16.1 Å². The van der Waals surface area contributed by atoms with Gasteiger partial charge >= 0.3 is 0 Å². The lowest BCUT2D eigenvalue weighted by Gasteiger charge is -2.16. The van der Waals surface area contributed by atoms with Gasteiger partial charge in [-0.05, 0) is 29.8 Å². The number of hydrogen-bond acceptors (Lipinski definition) is 4. The molecule has 0 radical (unpaired) electrons. The Hall–Kier alpha value is -1.79. The van der Waals surface area contributed by atoms with Gasteiger partial charge in [-0.15, -0.1) is 0 Å². The fourth-order valence-corrected chi connectivity index (χ4v) is 1.96. The Balaban J connectivity index is 1.98. The molecule has 0 bridgehead atoms. The van der Waals surface area contributed by atoms with E-state index in [0.29, 0.717) is 21.4 Å². The van der Waals surface area contributed by atoms with E-state index in [9.17, 15) is 4.79 Å². The minimum Gasteiger partial charge on any atom is -0.394 e. The summed E-state index contributed by atoms with van der Waals surface area (Å²) in [5, 5.41) is 1.11. The second-order valence-electron chi connectivity index (χ2n) is 4.19. The molecular formula is C14H13Cl2N3O2. The molecule has 0 saturated carbocycles. The third-order valence-corrected chi connectivity index (χ3v) is 3.14. The number of hydrogen-bond donors (Lipinski definition) is 3. The van der Waals surface area contributed by atoms with Crippen molar-refractivity contribution in [2.75, 3.05) is 0 Å². The number of amides is 1. The molecule has 2 aromatic rings. The summed E-state index contributed by atoms with van der Waals surface area (Å²) >= 11 is 11.6. The molecule has 7 heteroatoms. The number of carbonyl (C=O) groups excluding carboxylic acids is 1. The van der Waals surface area contributed by atoms with Crippen LogP contribution in [0.2, 0.25) is 10.0 Å². The zero-order chi connectivity index (χ0) is 15.2. The predicted molar refractivity (Wildman–Crippen MR) is 81.7 cm³/mol. The van der Waals surface area contributed by atoms with E-state index in [1.54, 1.807) is 48.5 Å². The third-order valence-electron chi connectivity index (χ3n) is 2.66. The van der Waals surface area contributed by atoms with Crippen molar-refractivity contribution in [3.8, 4) is 5.75 Å². The van der Waals surface area contributed by atoms with Gasteiger partial charge in [0.15, 0.2) is 0 Å². The highest BCUT2D eigenvalue weighted by atomic mass is 35.5. The average Bonchev–Trinajstić information content (AvgIpc) is 2.45. The number of carbonyl (C=O) groups is 1. The van der Waals surface area contributed by atoms with E-state index >= 15 is 0 Å². The lowest BCUT2D eigenvalue weighted by molar-refractivity contribution is -0.121. The molecule has 110 valence electrons. The van der Waals surface area contributed by atoms with E-state index in [1.807, 2.05) is 0 Å². The van der Waals surface area contributed by atoms with Crippen LogP contribution in [0.25, 0.3) is 0 Å². The van der Waals surface area contributed by atoms with Crippen molar-refractivity contribution < 1.29 is 9.63 Å². The number of hydrazine groups is 1. The highest BCUT2D eigenvalue weighted by molar-refractivity contribution is 6.30. The van der Waals surface area contributed by atoms with Gasteiger partial charge < -0.3 is 10.6 Å². The van der Waals surface area contributed by atoms with Gasteiger partial charge in [-0.3, -0.25) is 4.79 Å². The molecule has 1 unspecified atom stereocenters. The smallest absolute Gasteiger partial charge is 0.240 e. The summed E-state index contributed by atoms with van der Waals surface area (Å²) in [7, 11) is 0. The largest absolute Gasteiger partial charge is 0.394 e. The molecule has 0 fully saturated rings. The quantitative estimate of drug-likeness (QED) is 0.713. The summed E-state index contributed by atoms with van der Waals surface area (Å²) in [6.45, 7) is 0.